The van der Waals surface area contributed by atoms with E-state index >= 15 is 0 Å². The van der Waals surface area contributed by atoms with Crippen LogP contribution in [-0.4, -0.2) is 30.9 Å². The Kier molecular flexibility index (Phi) is 18.9. The van der Waals surface area contributed by atoms with Gasteiger partial charge in [-0.05, 0) is 38.5 Å². The molecule has 31 heavy (non-hydrogen) atoms. The maximum absolute atomic E-state index is 12.1. The second kappa shape index (κ2) is 19.1. The molecular weight excluding hydrogens is 401 g/mol. The molecule has 0 heterocycles. The smallest absolute Gasteiger partial charge is 0.314 e. The summed E-state index contributed by atoms with van der Waals surface area (Å²) in [5.74, 6) is 0. The molecule has 0 aliphatic rings. The molecular formula is C27H55NO2P+. The molecule has 0 aromatic rings. The zero-order valence-corrected chi connectivity index (χ0v) is 22.7. The number of quaternary nitrogens is 1. The Hall–Kier alpha value is -0.400. The lowest BCUT2D eigenvalue weighted by atomic mass is 10.00. The molecule has 0 saturated carbocycles. The van der Waals surface area contributed by atoms with E-state index in [1.165, 1.54) is 83.5 Å². The minimum Gasteiger partial charge on any atom is -0.314 e. The molecule has 0 aliphatic carbocycles. The Morgan fingerprint density at radius 2 is 1.00 bits per heavy atom. The lowest BCUT2D eigenvalue weighted by Crippen LogP contribution is -2.53. The van der Waals surface area contributed by atoms with Crippen LogP contribution in [0.5, 0.6) is 0 Å². The SMILES string of the molecule is CCCCCCCCCCCCCCC=CCCCCC(CCC)(P(=O)=O)[N+](C)(C)C. The summed E-state index contributed by atoms with van der Waals surface area (Å²) in [6.45, 7) is 4.37. The summed E-state index contributed by atoms with van der Waals surface area (Å²) in [4.78, 5) is 0. The van der Waals surface area contributed by atoms with Gasteiger partial charge in [0.25, 0.3) is 0 Å². The van der Waals surface area contributed by atoms with Gasteiger partial charge in [0.1, 0.15) is 0 Å². The fourth-order valence-electron chi connectivity index (χ4n) is 4.63. The van der Waals surface area contributed by atoms with E-state index in [1.807, 2.05) is 21.1 Å². The molecule has 0 radical (unpaired) electrons. The number of allylic oxidation sites excluding steroid dienone is 2. The summed E-state index contributed by atoms with van der Waals surface area (Å²) >= 11 is 0. The van der Waals surface area contributed by atoms with Gasteiger partial charge in [0.15, 0.2) is 0 Å². The predicted octanol–water partition coefficient (Wildman–Crippen LogP) is 9.57. The molecule has 0 N–H and O–H groups in total. The fourth-order valence-corrected chi connectivity index (χ4v) is 5.87. The van der Waals surface area contributed by atoms with E-state index < -0.39 is 13.0 Å². The molecule has 0 saturated heterocycles. The lowest BCUT2D eigenvalue weighted by molar-refractivity contribution is -0.908. The van der Waals surface area contributed by atoms with Crippen molar-refractivity contribution in [3.63, 3.8) is 0 Å². The fraction of sp³-hybridized carbons (Fsp3) is 0.926. The van der Waals surface area contributed by atoms with Crippen molar-refractivity contribution in [2.24, 2.45) is 0 Å². The summed E-state index contributed by atoms with van der Waals surface area (Å²) in [7, 11) is 3.64. The van der Waals surface area contributed by atoms with Crippen LogP contribution in [0.4, 0.5) is 0 Å². The molecule has 184 valence electrons. The first kappa shape index (κ1) is 30.6. The van der Waals surface area contributed by atoms with Crippen molar-refractivity contribution in [1.29, 1.82) is 0 Å². The quantitative estimate of drug-likeness (QED) is 0.0703. The lowest BCUT2D eigenvalue weighted by Gasteiger charge is -2.41. The number of hydrogen-bond donors (Lipinski definition) is 0. The van der Waals surface area contributed by atoms with Crippen molar-refractivity contribution in [2.45, 2.75) is 141 Å². The standard InChI is InChI=1S/C27H55NO2P/c1-6-8-9-10-11-12-13-14-15-16-17-18-19-20-21-22-23-24-26-27(25-7-2,31(29)30)28(3,4)5/h20-21H,6-19,22-26H2,1-5H3/q+1. The van der Waals surface area contributed by atoms with E-state index in [1.54, 1.807) is 0 Å². The highest BCUT2D eigenvalue weighted by atomic mass is 31.1. The zero-order valence-electron chi connectivity index (χ0n) is 21.8. The molecule has 0 aromatic heterocycles. The molecule has 1 atom stereocenters. The van der Waals surface area contributed by atoms with Gasteiger partial charge in [0.05, 0.1) is 21.1 Å². The Morgan fingerprint density at radius 1 is 0.581 bits per heavy atom. The van der Waals surface area contributed by atoms with Crippen molar-refractivity contribution < 1.29 is 13.6 Å². The minimum absolute atomic E-state index is 0.508. The van der Waals surface area contributed by atoms with Crippen molar-refractivity contribution in [3.05, 3.63) is 12.2 Å². The molecule has 1 unspecified atom stereocenters. The summed E-state index contributed by atoms with van der Waals surface area (Å²) in [5.41, 5.74) is 0. The first-order valence-electron chi connectivity index (χ1n) is 13.4. The van der Waals surface area contributed by atoms with Crippen LogP contribution < -0.4 is 0 Å². The molecule has 0 spiro atoms. The summed E-state index contributed by atoms with van der Waals surface area (Å²) in [5, 5.41) is -0.608. The molecule has 0 rings (SSSR count). The van der Waals surface area contributed by atoms with E-state index in [0.29, 0.717) is 4.48 Å². The van der Waals surface area contributed by atoms with E-state index in [0.717, 1.165) is 38.5 Å². The monoisotopic (exact) mass is 456 g/mol. The Morgan fingerprint density at radius 3 is 1.39 bits per heavy atom. The number of nitrogens with zero attached hydrogens (tertiary/aromatic N) is 1. The number of hydrogen-bond acceptors (Lipinski definition) is 2. The average molecular weight is 457 g/mol. The first-order valence-corrected chi connectivity index (χ1v) is 14.6. The maximum Gasteiger partial charge on any atom is 0.378 e. The van der Waals surface area contributed by atoms with Gasteiger partial charge in [-0.3, -0.25) is 0 Å². The van der Waals surface area contributed by atoms with Gasteiger partial charge in [-0.2, -0.15) is 0 Å². The van der Waals surface area contributed by atoms with Crippen molar-refractivity contribution in [1.82, 2.24) is 0 Å². The van der Waals surface area contributed by atoms with Crippen LogP contribution in [0, 0.1) is 0 Å². The van der Waals surface area contributed by atoms with Gasteiger partial charge in [-0.15, -0.1) is 0 Å². The zero-order chi connectivity index (χ0) is 23.4. The topological polar surface area (TPSA) is 34.1 Å². The minimum atomic E-state index is -2.43. The second-order valence-electron chi connectivity index (χ2n) is 10.4. The molecule has 0 fully saturated rings. The van der Waals surface area contributed by atoms with E-state index in [-0.39, 0.29) is 0 Å². The maximum atomic E-state index is 12.1. The predicted molar refractivity (Wildman–Crippen MR) is 137 cm³/mol. The largest absolute Gasteiger partial charge is 0.378 e. The summed E-state index contributed by atoms with van der Waals surface area (Å²) in [6, 6.07) is 0. The highest BCUT2D eigenvalue weighted by Crippen LogP contribution is 2.43. The summed E-state index contributed by atoms with van der Waals surface area (Å²) in [6.07, 6.45) is 28.3. The normalized spacial score (nSPS) is 14.2. The van der Waals surface area contributed by atoms with Crippen LogP contribution in [0.1, 0.15) is 136 Å². The van der Waals surface area contributed by atoms with Crippen LogP contribution >= 0.6 is 7.68 Å². The average Bonchev–Trinajstić information content (AvgIpc) is 2.71. The third-order valence-electron chi connectivity index (χ3n) is 6.83. The highest BCUT2D eigenvalue weighted by Gasteiger charge is 2.47. The van der Waals surface area contributed by atoms with Crippen molar-refractivity contribution in [2.75, 3.05) is 21.1 Å². The van der Waals surface area contributed by atoms with Gasteiger partial charge in [-0.1, -0.05) is 96.6 Å². The summed E-state index contributed by atoms with van der Waals surface area (Å²) < 4.78 is 24.7. The second-order valence-corrected chi connectivity index (χ2v) is 11.7. The van der Waals surface area contributed by atoms with Gasteiger partial charge in [0.2, 0.25) is 5.28 Å². The van der Waals surface area contributed by atoms with E-state index in [9.17, 15) is 9.13 Å². The molecule has 3 nitrogen and oxygen atoms in total. The van der Waals surface area contributed by atoms with Crippen LogP contribution in [0.3, 0.4) is 0 Å². The molecule has 0 bridgehead atoms. The van der Waals surface area contributed by atoms with E-state index in [4.69, 9.17) is 0 Å². The first-order chi connectivity index (χ1) is 14.8. The third kappa shape index (κ3) is 14.4. The van der Waals surface area contributed by atoms with Gasteiger partial charge in [-0.25, -0.2) is 9.13 Å². The van der Waals surface area contributed by atoms with Gasteiger partial charge in [0, 0.05) is 12.8 Å². The highest BCUT2D eigenvalue weighted by molar-refractivity contribution is 7.32. The van der Waals surface area contributed by atoms with Crippen LogP contribution in [0.25, 0.3) is 0 Å². The molecule has 0 aliphatic heterocycles. The van der Waals surface area contributed by atoms with Crippen LogP contribution in [-0.2, 0) is 9.13 Å². The Balaban J connectivity index is 3.71. The number of rotatable bonds is 22. The van der Waals surface area contributed by atoms with E-state index in [2.05, 4.69) is 26.0 Å². The van der Waals surface area contributed by atoms with Gasteiger partial charge >= 0.3 is 7.68 Å². The Labute approximate surface area is 195 Å². The molecule has 4 heteroatoms. The Bertz CT molecular complexity index is 500. The third-order valence-corrected chi connectivity index (χ3v) is 8.55. The van der Waals surface area contributed by atoms with Crippen molar-refractivity contribution in [3.8, 4) is 0 Å². The van der Waals surface area contributed by atoms with Crippen molar-refractivity contribution >= 4 is 7.68 Å². The molecule has 0 aromatic carbocycles. The molecule has 0 amide bonds. The van der Waals surface area contributed by atoms with Gasteiger partial charge < -0.3 is 4.48 Å². The van der Waals surface area contributed by atoms with Crippen LogP contribution in [0.15, 0.2) is 12.2 Å². The number of unbranched alkanes of at least 4 members (excludes halogenated alkanes) is 14. The van der Waals surface area contributed by atoms with Crippen LogP contribution in [0.2, 0.25) is 0 Å².